The summed E-state index contributed by atoms with van der Waals surface area (Å²) in [6.45, 7) is 2.73. The van der Waals surface area contributed by atoms with Crippen LogP contribution in [0.5, 0.6) is 0 Å². The van der Waals surface area contributed by atoms with Crippen molar-refractivity contribution in [2.75, 3.05) is 13.7 Å². The van der Waals surface area contributed by atoms with Crippen LogP contribution in [0, 0.1) is 5.41 Å². The van der Waals surface area contributed by atoms with E-state index in [4.69, 9.17) is 0 Å². The first-order valence-electron chi connectivity index (χ1n) is 5.50. The second-order valence-electron chi connectivity index (χ2n) is 4.23. The van der Waals surface area contributed by atoms with Gasteiger partial charge < -0.3 is 10.1 Å². The summed E-state index contributed by atoms with van der Waals surface area (Å²) in [5, 5.41) is 2.65. The minimum Gasteiger partial charge on any atom is -0.462 e. The zero-order chi connectivity index (χ0) is 11.3. The molecule has 1 N–H and O–H groups in total. The van der Waals surface area contributed by atoms with Gasteiger partial charge in [-0.25, -0.2) is 4.79 Å². The smallest absolute Gasteiger partial charge is 0.396 e. The summed E-state index contributed by atoms with van der Waals surface area (Å²) >= 11 is 0. The molecule has 0 aliphatic heterocycles. The summed E-state index contributed by atoms with van der Waals surface area (Å²) in [6, 6.07) is 0. The highest BCUT2D eigenvalue weighted by Gasteiger charge is 2.32. The predicted octanol–water partition coefficient (Wildman–Crippen LogP) is 1.25. The monoisotopic (exact) mass is 213 g/mol. The van der Waals surface area contributed by atoms with Crippen molar-refractivity contribution in [2.45, 2.75) is 39.0 Å². The fourth-order valence-corrected chi connectivity index (χ4v) is 2.21. The van der Waals surface area contributed by atoms with Gasteiger partial charge in [-0.2, -0.15) is 0 Å². The summed E-state index contributed by atoms with van der Waals surface area (Å²) in [5.74, 6) is -1.43. The normalized spacial score (nSPS) is 18.5. The van der Waals surface area contributed by atoms with Crippen LogP contribution >= 0.6 is 0 Å². The van der Waals surface area contributed by atoms with Gasteiger partial charge in [-0.05, 0) is 24.7 Å². The number of ether oxygens (including phenoxy) is 1. The average Bonchev–Trinajstić information content (AvgIpc) is 2.74. The zero-order valence-electron chi connectivity index (χ0n) is 9.47. The molecule has 15 heavy (non-hydrogen) atoms. The molecule has 4 nitrogen and oxygen atoms in total. The third-order valence-corrected chi connectivity index (χ3v) is 3.41. The highest BCUT2D eigenvalue weighted by atomic mass is 16.5. The van der Waals surface area contributed by atoms with Crippen LogP contribution in [0.4, 0.5) is 0 Å². The van der Waals surface area contributed by atoms with E-state index in [9.17, 15) is 9.59 Å². The standard InChI is InChI=1S/C11H19NO3/c1-3-11(6-4-5-7-11)8-12-9(13)10(14)15-2/h3-8H2,1-2H3,(H,12,13). The van der Waals surface area contributed by atoms with E-state index < -0.39 is 11.9 Å². The first-order valence-corrected chi connectivity index (χ1v) is 5.50. The van der Waals surface area contributed by atoms with Crippen molar-refractivity contribution in [1.82, 2.24) is 5.32 Å². The third-order valence-electron chi connectivity index (χ3n) is 3.41. The molecule has 1 rings (SSSR count). The van der Waals surface area contributed by atoms with E-state index in [2.05, 4.69) is 17.0 Å². The molecule has 0 unspecified atom stereocenters. The van der Waals surface area contributed by atoms with Crippen LogP contribution in [0.25, 0.3) is 0 Å². The van der Waals surface area contributed by atoms with Crippen LogP contribution in [-0.4, -0.2) is 25.5 Å². The second-order valence-corrected chi connectivity index (χ2v) is 4.23. The SMILES string of the molecule is CCC1(CNC(=O)C(=O)OC)CCCC1. The van der Waals surface area contributed by atoms with E-state index in [0.717, 1.165) is 19.3 Å². The summed E-state index contributed by atoms with van der Waals surface area (Å²) in [5.41, 5.74) is 0.212. The molecule has 86 valence electrons. The number of carbonyl (C=O) groups is 2. The minimum atomic E-state index is -0.806. The highest BCUT2D eigenvalue weighted by molar-refractivity contribution is 6.32. The quantitative estimate of drug-likeness (QED) is 0.567. The van der Waals surface area contributed by atoms with Gasteiger partial charge in [0.1, 0.15) is 0 Å². The van der Waals surface area contributed by atoms with Gasteiger partial charge in [0.05, 0.1) is 7.11 Å². The molecule has 0 bridgehead atoms. The lowest BCUT2D eigenvalue weighted by atomic mass is 9.83. The first kappa shape index (κ1) is 12.0. The van der Waals surface area contributed by atoms with Crippen LogP contribution in [0.15, 0.2) is 0 Å². The van der Waals surface area contributed by atoms with Gasteiger partial charge in [-0.15, -0.1) is 0 Å². The molecule has 0 aromatic heterocycles. The van der Waals surface area contributed by atoms with Crippen LogP contribution in [0.2, 0.25) is 0 Å². The van der Waals surface area contributed by atoms with Crippen LogP contribution in [0.3, 0.4) is 0 Å². The Morgan fingerprint density at radius 2 is 1.93 bits per heavy atom. The molecular weight excluding hydrogens is 194 g/mol. The molecule has 1 aliphatic rings. The Balaban J connectivity index is 2.41. The van der Waals surface area contributed by atoms with Gasteiger partial charge in [-0.3, -0.25) is 4.79 Å². The Morgan fingerprint density at radius 3 is 2.40 bits per heavy atom. The summed E-state index contributed by atoms with van der Waals surface area (Å²) in [4.78, 5) is 22.1. The van der Waals surface area contributed by atoms with Crippen molar-refractivity contribution in [1.29, 1.82) is 0 Å². The molecule has 0 aromatic carbocycles. The Labute approximate surface area is 90.4 Å². The Morgan fingerprint density at radius 1 is 1.33 bits per heavy atom. The lowest BCUT2D eigenvalue weighted by Gasteiger charge is -2.27. The van der Waals surface area contributed by atoms with Crippen molar-refractivity contribution in [3.05, 3.63) is 0 Å². The summed E-state index contributed by atoms with van der Waals surface area (Å²) in [7, 11) is 1.22. The van der Waals surface area contributed by atoms with Gasteiger partial charge in [-0.1, -0.05) is 19.8 Å². The second kappa shape index (κ2) is 5.14. The van der Waals surface area contributed by atoms with Crippen molar-refractivity contribution < 1.29 is 14.3 Å². The lowest BCUT2D eigenvalue weighted by Crippen LogP contribution is -2.39. The van der Waals surface area contributed by atoms with Crippen LogP contribution < -0.4 is 5.32 Å². The molecule has 0 heterocycles. The summed E-state index contributed by atoms with van der Waals surface area (Å²) in [6.07, 6.45) is 5.79. The van der Waals surface area contributed by atoms with Crippen LogP contribution in [-0.2, 0) is 14.3 Å². The molecule has 0 atom stereocenters. The number of nitrogens with one attached hydrogen (secondary N) is 1. The number of rotatable bonds is 3. The Bertz CT molecular complexity index is 244. The van der Waals surface area contributed by atoms with E-state index in [0.29, 0.717) is 6.54 Å². The van der Waals surface area contributed by atoms with Crippen molar-refractivity contribution >= 4 is 11.9 Å². The van der Waals surface area contributed by atoms with Crippen LogP contribution in [0.1, 0.15) is 39.0 Å². The summed E-state index contributed by atoms with van der Waals surface area (Å²) < 4.78 is 4.34. The van der Waals surface area contributed by atoms with E-state index >= 15 is 0 Å². The molecular formula is C11H19NO3. The number of methoxy groups -OCH3 is 1. The van der Waals surface area contributed by atoms with Gasteiger partial charge >= 0.3 is 11.9 Å². The largest absolute Gasteiger partial charge is 0.462 e. The van der Waals surface area contributed by atoms with Gasteiger partial charge in [0, 0.05) is 6.54 Å². The number of carbonyl (C=O) groups excluding carboxylic acids is 2. The van der Waals surface area contributed by atoms with E-state index in [1.165, 1.54) is 20.0 Å². The van der Waals surface area contributed by atoms with Gasteiger partial charge in [0.25, 0.3) is 0 Å². The minimum absolute atomic E-state index is 0.212. The maximum Gasteiger partial charge on any atom is 0.396 e. The zero-order valence-corrected chi connectivity index (χ0v) is 9.47. The predicted molar refractivity (Wildman–Crippen MR) is 56.2 cm³/mol. The maximum atomic E-state index is 11.2. The molecule has 0 aromatic rings. The highest BCUT2D eigenvalue weighted by Crippen LogP contribution is 2.40. The number of esters is 1. The first-order chi connectivity index (χ1) is 7.13. The molecule has 1 amide bonds. The molecule has 1 saturated carbocycles. The van der Waals surface area contributed by atoms with E-state index in [1.54, 1.807) is 0 Å². The van der Waals surface area contributed by atoms with Crippen molar-refractivity contribution in [3.63, 3.8) is 0 Å². The fraction of sp³-hybridized carbons (Fsp3) is 0.818. The number of amides is 1. The number of hydrogen-bond donors (Lipinski definition) is 1. The van der Waals surface area contributed by atoms with E-state index in [1.807, 2.05) is 0 Å². The molecule has 1 aliphatic carbocycles. The number of hydrogen-bond acceptors (Lipinski definition) is 3. The molecule has 4 heteroatoms. The van der Waals surface area contributed by atoms with Gasteiger partial charge in [0.15, 0.2) is 0 Å². The average molecular weight is 213 g/mol. The Kier molecular flexibility index (Phi) is 4.12. The molecule has 0 saturated heterocycles. The van der Waals surface area contributed by atoms with Crippen molar-refractivity contribution in [2.24, 2.45) is 5.41 Å². The van der Waals surface area contributed by atoms with Gasteiger partial charge in [0.2, 0.25) is 0 Å². The molecule has 1 fully saturated rings. The third kappa shape index (κ3) is 2.94. The topological polar surface area (TPSA) is 55.4 Å². The van der Waals surface area contributed by atoms with E-state index in [-0.39, 0.29) is 5.41 Å². The van der Waals surface area contributed by atoms with Crippen molar-refractivity contribution in [3.8, 4) is 0 Å². The molecule has 0 spiro atoms. The Hall–Kier alpha value is -1.06. The fourth-order valence-electron chi connectivity index (χ4n) is 2.21. The lowest BCUT2D eigenvalue weighted by molar-refractivity contribution is -0.152. The maximum absolute atomic E-state index is 11.2. The molecule has 0 radical (unpaired) electrons.